The van der Waals surface area contributed by atoms with Crippen LogP contribution in [0.1, 0.15) is 65.3 Å². The molecule has 0 spiro atoms. The van der Waals surface area contributed by atoms with E-state index < -0.39 is 133 Å². The topological polar surface area (TPSA) is 263 Å². The van der Waals surface area contributed by atoms with Crippen LogP contribution >= 0.6 is 0 Å². The lowest BCUT2D eigenvalue weighted by Crippen LogP contribution is -2.49. The van der Waals surface area contributed by atoms with Crippen molar-refractivity contribution in [1.29, 1.82) is 0 Å². The Hall–Kier alpha value is -9.57. The molecule has 0 radical (unpaired) electrons. The van der Waals surface area contributed by atoms with Gasteiger partial charge in [-0.15, -0.1) is 0 Å². The van der Waals surface area contributed by atoms with Crippen molar-refractivity contribution >= 4 is 29.8 Å². The highest BCUT2D eigenvalue weighted by Crippen LogP contribution is 2.35. The van der Waals surface area contributed by atoms with Gasteiger partial charge in [0.25, 0.3) is 17.7 Å². The predicted molar refractivity (Wildman–Crippen MR) is 400 cm³/mol. The van der Waals surface area contributed by atoms with Crippen LogP contribution in [0.25, 0.3) is 0 Å². The van der Waals surface area contributed by atoms with E-state index in [1.165, 1.54) is 7.11 Å². The van der Waals surface area contributed by atoms with Gasteiger partial charge in [-0.2, -0.15) is 0 Å². The number of hydrogen-bond donors (Lipinski definition) is 4. The number of alkyl carbamates (subject to hydrolysis) is 1. The Morgan fingerprint density at radius 1 is 0.284 bits per heavy atom. The van der Waals surface area contributed by atoms with Crippen molar-refractivity contribution in [2.75, 3.05) is 33.3 Å². The molecule has 4 aliphatic rings. The molecular formula is C86H96N4O19. The summed E-state index contributed by atoms with van der Waals surface area (Å²) >= 11 is 0. The van der Waals surface area contributed by atoms with E-state index >= 15 is 14.4 Å². The lowest BCUT2D eigenvalue weighted by Gasteiger charge is -2.27. The Kier molecular flexibility index (Phi) is 28.8. The van der Waals surface area contributed by atoms with E-state index in [1.807, 2.05) is 243 Å². The van der Waals surface area contributed by atoms with E-state index in [1.54, 1.807) is 20.8 Å². The first-order chi connectivity index (χ1) is 53.2. The van der Waals surface area contributed by atoms with Crippen LogP contribution in [0.5, 0.6) is 0 Å². The van der Waals surface area contributed by atoms with Crippen molar-refractivity contribution in [3.05, 3.63) is 287 Å². The molecule has 4 amide bonds. The average Bonchev–Trinajstić information content (AvgIpc) is 1.66. The zero-order valence-corrected chi connectivity index (χ0v) is 61.6. The standard InChI is InChI=1S/C86H96N4O19/c1-86(2,3)109-85(95)90-48-68-71(99-51-59-33-17-7-18-34-59)75(103-55-63-41-25-11-26-42-63)79(107-68)83(93)88-46-66-69(97-49-57-29-13-5-14-30-57)73(101-53-61-37-21-9-22-38-61)77(105-66)81(91)87-45-65-70(98-50-58-31-15-6-16-32-58)74(102-54-62-39-23-10-24-40-62)78(106-65)82(92)89-47-67-72(100-52-60-35-19-8-20-36-60)76(80(108-67)84(94)96-4)104-56-64-43-27-12-28-44-64/h5-44,65-80H,45-56H2,1-4H3,(H,87,91)(H,88,93)(H,89,92)(H,90,95)/t65-,66-,67-,68-,69-,70-,71-,72-,73+,74+,75+,76+,77-,78-,79-,80-/m1/s1. The quantitative estimate of drug-likeness (QED) is 0.0266. The van der Waals surface area contributed by atoms with Crippen molar-refractivity contribution in [1.82, 2.24) is 21.3 Å². The van der Waals surface area contributed by atoms with Gasteiger partial charge in [0.15, 0.2) is 24.4 Å². The highest BCUT2D eigenvalue weighted by atomic mass is 16.7. The molecule has 0 bridgehead atoms. The van der Waals surface area contributed by atoms with Crippen molar-refractivity contribution in [2.24, 2.45) is 0 Å². The number of carbonyl (C=O) groups is 5. The third-order valence-corrected chi connectivity index (χ3v) is 19.0. The molecule has 8 aromatic carbocycles. The first kappa shape index (κ1) is 79.0. The van der Waals surface area contributed by atoms with Crippen LogP contribution in [0.3, 0.4) is 0 Å². The van der Waals surface area contributed by atoms with Gasteiger partial charge in [-0.25, -0.2) is 9.59 Å². The summed E-state index contributed by atoms with van der Waals surface area (Å²) < 4.78 is 91.4. The number of ether oxygens (including phenoxy) is 14. The first-order valence-electron chi connectivity index (χ1n) is 36.9. The summed E-state index contributed by atoms with van der Waals surface area (Å²) in [5.41, 5.74) is 5.86. The minimum Gasteiger partial charge on any atom is -0.467 e. The highest BCUT2D eigenvalue weighted by Gasteiger charge is 2.55. The minimum atomic E-state index is -1.39. The van der Waals surface area contributed by atoms with Crippen molar-refractivity contribution < 1.29 is 90.3 Å². The molecule has 23 heteroatoms. The van der Waals surface area contributed by atoms with E-state index in [2.05, 4.69) is 21.3 Å². The molecule has 0 unspecified atom stereocenters. The van der Waals surface area contributed by atoms with Gasteiger partial charge >= 0.3 is 12.1 Å². The van der Waals surface area contributed by atoms with Crippen LogP contribution in [0.2, 0.25) is 0 Å². The van der Waals surface area contributed by atoms with Crippen LogP contribution in [0.4, 0.5) is 4.79 Å². The number of rotatable bonds is 36. The van der Waals surface area contributed by atoms with Crippen molar-refractivity contribution in [3.8, 4) is 0 Å². The maximum absolute atomic E-state index is 15.5. The Morgan fingerprint density at radius 3 is 0.688 bits per heavy atom. The van der Waals surface area contributed by atoms with Gasteiger partial charge < -0.3 is 87.6 Å². The summed E-state index contributed by atoms with van der Waals surface area (Å²) in [5, 5.41) is 12.0. The molecule has 8 aromatic rings. The number of nitrogens with one attached hydrogen (secondary N) is 4. The third-order valence-electron chi connectivity index (χ3n) is 19.0. The minimum absolute atomic E-state index is 0.0389. The van der Waals surface area contributed by atoms with E-state index in [0.717, 1.165) is 44.5 Å². The summed E-state index contributed by atoms with van der Waals surface area (Å²) in [5.74, 6) is -2.51. The van der Waals surface area contributed by atoms with Gasteiger partial charge in [0.05, 0.1) is 60.0 Å². The summed E-state index contributed by atoms with van der Waals surface area (Å²) in [7, 11) is 1.27. The van der Waals surface area contributed by atoms with Crippen molar-refractivity contribution in [2.45, 2.75) is 177 Å². The SMILES string of the molecule is COC(=O)[C@@H]1O[C@H](CNC(=O)[C@@H]2O[C@H](CNC(=O)[C@@H]3O[C@H](CNC(=O)[C@@H]4O[C@H](CNC(=O)OC(C)(C)C)[C@@H](OCc5ccccc5)[C@@H]4OCc4ccccc4)[C@@H](OCc4ccccc4)[C@@H]3OCc3ccccc3)[C@@H](OCc3ccccc3)[C@@H]2OCc2ccccc2)[C@@H](OCc2ccccc2)[C@@H]1OCc1ccccc1. The molecule has 0 aromatic heterocycles. The van der Waals surface area contributed by atoms with Gasteiger partial charge in [0.2, 0.25) is 0 Å². The fourth-order valence-corrected chi connectivity index (χ4v) is 13.6. The molecule has 23 nitrogen and oxygen atoms in total. The number of esters is 1. The monoisotopic (exact) mass is 1490 g/mol. The lowest BCUT2D eigenvalue weighted by molar-refractivity contribution is -0.160. The Balaban J connectivity index is 0.815. The van der Waals surface area contributed by atoms with Crippen molar-refractivity contribution in [3.63, 3.8) is 0 Å². The second-order valence-corrected chi connectivity index (χ2v) is 28.1. The molecule has 0 aliphatic carbocycles. The van der Waals surface area contributed by atoms with Crippen LogP contribution in [0.15, 0.2) is 243 Å². The number of amides is 4. The van der Waals surface area contributed by atoms with Gasteiger partial charge in [0.1, 0.15) is 78.8 Å². The number of methoxy groups -OCH3 is 1. The predicted octanol–water partition coefficient (Wildman–Crippen LogP) is 9.79. The zero-order valence-electron chi connectivity index (χ0n) is 61.6. The first-order valence-corrected chi connectivity index (χ1v) is 36.9. The summed E-state index contributed by atoms with van der Waals surface area (Å²) in [4.78, 5) is 72.8. The second kappa shape index (κ2) is 39.7. The Morgan fingerprint density at radius 2 is 0.477 bits per heavy atom. The average molecular weight is 1490 g/mol. The maximum Gasteiger partial charge on any atom is 0.407 e. The smallest absolute Gasteiger partial charge is 0.407 e. The van der Waals surface area contributed by atoms with Gasteiger partial charge in [-0.1, -0.05) is 243 Å². The van der Waals surface area contributed by atoms with Crippen LogP contribution in [-0.2, 0) is 138 Å². The summed E-state index contributed by atoms with van der Waals surface area (Å²) in [6.07, 6.45) is -17.9. The van der Waals surface area contributed by atoms with Crippen LogP contribution in [0, 0.1) is 0 Å². The summed E-state index contributed by atoms with van der Waals surface area (Å²) in [6, 6.07) is 76.0. The molecule has 4 heterocycles. The molecular weight excluding hydrogens is 1390 g/mol. The Bertz CT molecular complexity index is 4090. The third kappa shape index (κ3) is 22.6. The van der Waals surface area contributed by atoms with Crippen LogP contribution < -0.4 is 21.3 Å². The Labute approximate surface area is 635 Å². The molecule has 4 aliphatic heterocycles. The molecule has 16 atom stereocenters. The molecule has 12 rings (SSSR count). The second-order valence-electron chi connectivity index (χ2n) is 28.1. The highest BCUT2D eigenvalue weighted by molar-refractivity contribution is 5.84. The fraction of sp³-hybridized carbons (Fsp3) is 0.384. The molecule has 4 fully saturated rings. The number of hydrogen-bond acceptors (Lipinski definition) is 19. The van der Waals surface area contributed by atoms with E-state index in [9.17, 15) is 9.59 Å². The number of carbonyl (C=O) groups excluding carboxylic acids is 5. The fourth-order valence-electron chi connectivity index (χ4n) is 13.6. The molecule has 0 saturated carbocycles. The molecule has 574 valence electrons. The van der Waals surface area contributed by atoms with E-state index in [-0.39, 0.29) is 79.0 Å². The maximum atomic E-state index is 15.5. The molecule has 109 heavy (non-hydrogen) atoms. The lowest BCUT2D eigenvalue weighted by atomic mass is 10.0. The van der Waals surface area contributed by atoms with Gasteiger partial charge in [-0.05, 0) is 65.3 Å². The van der Waals surface area contributed by atoms with Gasteiger partial charge in [-0.3, -0.25) is 14.4 Å². The molecule has 4 saturated heterocycles. The summed E-state index contributed by atoms with van der Waals surface area (Å²) in [6.45, 7) is 5.25. The van der Waals surface area contributed by atoms with Crippen LogP contribution in [-0.4, -0.2) is 166 Å². The number of benzene rings is 8. The van der Waals surface area contributed by atoms with E-state index in [0.29, 0.717) is 0 Å². The molecule has 4 N–H and O–H groups in total. The largest absolute Gasteiger partial charge is 0.467 e. The van der Waals surface area contributed by atoms with Gasteiger partial charge in [0, 0.05) is 26.2 Å². The normalized spacial score (nSPS) is 25.1. The zero-order chi connectivity index (χ0) is 75.7. The van der Waals surface area contributed by atoms with E-state index in [4.69, 9.17) is 66.3 Å².